The highest BCUT2D eigenvalue weighted by atomic mass is 14.7. The van der Waals surface area contributed by atoms with Gasteiger partial charge < -0.3 is 11.5 Å². The maximum Gasteiger partial charge on any atom is 0.0620 e. The Labute approximate surface area is 48.9 Å². The molecular weight excluding hydrogens is 100 g/mol. The summed E-state index contributed by atoms with van der Waals surface area (Å²) in [4.78, 5) is 0. The Morgan fingerprint density at radius 1 is 1.50 bits per heavy atom. The van der Waals surface area contributed by atoms with E-state index in [0.29, 0.717) is 12.1 Å². The number of allylic oxidation sites excluding steroid dienone is 2. The molecule has 0 heterocycles. The molecule has 2 radical (unpaired) electrons. The van der Waals surface area contributed by atoms with Gasteiger partial charge in [-0.25, -0.2) is 0 Å². The maximum atomic E-state index is 5.41. The van der Waals surface area contributed by atoms with Crippen LogP contribution in [0.2, 0.25) is 0 Å². The molecule has 2 nitrogen and oxygen atoms in total. The lowest BCUT2D eigenvalue weighted by Gasteiger charge is -2.07. The Hall–Kier alpha value is -0.760. The zero-order valence-electron chi connectivity index (χ0n) is 4.52. The quantitative estimate of drug-likeness (QED) is 0.462. The summed E-state index contributed by atoms with van der Waals surface area (Å²) in [6.07, 6.45) is 7.02. The minimum atomic E-state index is 0.663. The topological polar surface area (TPSA) is 52.0 Å². The van der Waals surface area contributed by atoms with Crippen LogP contribution < -0.4 is 11.5 Å². The van der Waals surface area contributed by atoms with E-state index in [4.69, 9.17) is 11.5 Å². The average Bonchev–Trinajstić information content (AvgIpc) is 1.64. The molecule has 0 spiro atoms. The van der Waals surface area contributed by atoms with Crippen molar-refractivity contribution in [2.24, 2.45) is 11.5 Å². The third kappa shape index (κ3) is 1.10. The molecule has 0 saturated carbocycles. The average molecular weight is 108 g/mol. The first-order valence-electron chi connectivity index (χ1n) is 2.45. The molecule has 1 rings (SSSR count). The molecule has 4 N–H and O–H groups in total. The van der Waals surface area contributed by atoms with Gasteiger partial charge >= 0.3 is 0 Å². The van der Waals surface area contributed by atoms with E-state index in [0.717, 1.165) is 6.04 Å². The maximum absolute atomic E-state index is 5.41. The first-order chi connectivity index (χ1) is 3.79. The molecule has 8 heavy (non-hydrogen) atoms. The molecule has 1 aliphatic rings. The summed E-state index contributed by atoms with van der Waals surface area (Å²) in [6, 6.07) is 0.807. The van der Waals surface area contributed by atoms with Crippen LogP contribution in [0.3, 0.4) is 0 Å². The molecule has 0 fully saturated rings. The highest BCUT2D eigenvalue weighted by Gasteiger charge is 2.02. The summed E-state index contributed by atoms with van der Waals surface area (Å²) in [7, 11) is 0. The van der Waals surface area contributed by atoms with E-state index in [2.05, 4.69) is 6.08 Å². The smallest absolute Gasteiger partial charge is 0.0620 e. The van der Waals surface area contributed by atoms with Crippen molar-refractivity contribution >= 4 is 0 Å². The van der Waals surface area contributed by atoms with Gasteiger partial charge in [-0.1, -0.05) is 12.2 Å². The van der Waals surface area contributed by atoms with Gasteiger partial charge in [0.15, 0.2) is 0 Å². The van der Waals surface area contributed by atoms with E-state index in [-0.39, 0.29) is 0 Å². The molecule has 0 aromatic heterocycles. The van der Waals surface area contributed by atoms with Crippen molar-refractivity contribution in [2.75, 3.05) is 0 Å². The lowest BCUT2D eigenvalue weighted by atomic mass is 10.1. The minimum Gasteiger partial charge on any atom is -0.401 e. The number of hydrogen-bond donors (Lipinski definition) is 2. The highest BCUT2D eigenvalue weighted by Crippen LogP contribution is 2.09. The van der Waals surface area contributed by atoms with Crippen molar-refractivity contribution in [1.82, 2.24) is 0 Å². The molecule has 42 valence electrons. The third-order valence-electron chi connectivity index (χ3n) is 0.961. The molecular formula is C6H8N2. The standard InChI is InChI=1S/C6H8N2/c7-5-2-1-3-6(8)4-5/h1-2H,4,7-8H2. The van der Waals surface area contributed by atoms with Gasteiger partial charge in [-0.15, -0.1) is 0 Å². The first kappa shape index (κ1) is 5.38. The van der Waals surface area contributed by atoms with Gasteiger partial charge in [0.2, 0.25) is 0 Å². The fraction of sp³-hybridized carbons (Fsp3) is 0.167. The molecule has 0 amide bonds. The van der Waals surface area contributed by atoms with E-state index in [1.807, 2.05) is 0 Å². The lowest BCUT2D eigenvalue weighted by molar-refractivity contribution is 0.933. The molecule has 0 aromatic rings. The van der Waals surface area contributed by atoms with Crippen molar-refractivity contribution in [3.05, 3.63) is 30.0 Å². The fourth-order valence-corrected chi connectivity index (χ4v) is 0.586. The van der Waals surface area contributed by atoms with Crippen molar-refractivity contribution in [3.63, 3.8) is 0 Å². The SMILES string of the molecule is N[C]1C=C[C]=C(N)C1. The van der Waals surface area contributed by atoms with Crippen molar-refractivity contribution in [3.8, 4) is 0 Å². The second-order valence-electron chi connectivity index (χ2n) is 1.75. The molecule has 0 aromatic carbocycles. The number of hydrogen-bond acceptors (Lipinski definition) is 2. The molecule has 0 saturated heterocycles. The second kappa shape index (κ2) is 2.01. The van der Waals surface area contributed by atoms with Crippen LogP contribution in [0.25, 0.3) is 0 Å². The Morgan fingerprint density at radius 2 is 2.25 bits per heavy atom. The van der Waals surface area contributed by atoms with Crippen LogP contribution in [-0.2, 0) is 0 Å². The summed E-state index contributed by atoms with van der Waals surface area (Å²) in [6.45, 7) is 0. The van der Waals surface area contributed by atoms with Crippen LogP contribution in [0.15, 0.2) is 17.8 Å². The Morgan fingerprint density at radius 3 is 2.62 bits per heavy atom. The minimum absolute atomic E-state index is 0.663. The van der Waals surface area contributed by atoms with Gasteiger partial charge in [-0.2, -0.15) is 0 Å². The molecule has 1 aliphatic carbocycles. The van der Waals surface area contributed by atoms with Gasteiger partial charge in [0.25, 0.3) is 0 Å². The monoisotopic (exact) mass is 108 g/mol. The van der Waals surface area contributed by atoms with Crippen LogP contribution in [0, 0.1) is 12.1 Å². The number of rotatable bonds is 0. The summed E-state index contributed by atoms with van der Waals surface area (Å²) < 4.78 is 0. The normalized spacial score (nSPS) is 20.9. The van der Waals surface area contributed by atoms with E-state index in [9.17, 15) is 0 Å². The van der Waals surface area contributed by atoms with Gasteiger partial charge in [-0.05, 0) is 0 Å². The van der Waals surface area contributed by atoms with Crippen LogP contribution in [-0.4, -0.2) is 0 Å². The largest absolute Gasteiger partial charge is 0.401 e. The van der Waals surface area contributed by atoms with Gasteiger partial charge in [0.05, 0.1) is 6.04 Å². The molecule has 0 unspecified atom stereocenters. The van der Waals surface area contributed by atoms with Gasteiger partial charge in [-0.3, -0.25) is 0 Å². The fourth-order valence-electron chi connectivity index (χ4n) is 0.586. The first-order valence-corrected chi connectivity index (χ1v) is 2.45. The third-order valence-corrected chi connectivity index (χ3v) is 0.961. The van der Waals surface area contributed by atoms with Crippen molar-refractivity contribution < 1.29 is 0 Å². The predicted molar refractivity (Wildman–Crippen MR) is 32.1 cm³/mol. The Balaban J connectivity index is 2.59. The summed E-state index contributed by atoms with van der Waals surface area (Å²) in [5.74, 6) is 0. The molecule has 0 atom stereocenters. The summed E-state index contributed by atoms with van der Waals surface area (Å²) in [5, 5.41) is 0. The second-order valence-corrected chi connectivity index (χ2v) is 1.75. The summed E-state index contributed by atoms with van der Waals surface area (Å²) in [5.41, 5.74) is 11.5. The van der Waals surface area contributed by atoms with Gasteiger partial charge in [0.1, 0.15) is 0 Å². The molecule has 2 heteroatoms. The van der Waals surface area contributed by atoms with Crippen LogP contribution in [0.1, 0.15) is 6.42 Å². The van der Waals surface area contributed by atoms with Crippen LogP contribution in [0.5, 0.6) is 0 Å². The van der Waals surface area contributed by atoms with Crippen LogP contribution in [0.4, 0.5) is 0 Å². The van der Waals surface area contributed by atoms with E-state index in [1.54, 1.807) is 12.2 Å². The highest BCUT2D eigenvalue weighted by molar-refractivity contribution is 5.22. The van der Waals surface area contributed by atoms with E-state index in [1.165, 1.54) is 0 Å². The Kier molecular flexibility index (Phi) is 1.35. The van der Waals surface area contributed by atoms with E-state index >= 15 is 0 Å². The molecule has 0 aliphatic heterocycles. The van der Waals surface area contributed by atoms with Crippen molar-refractivity contribution in [1.29, 1.82) is 0 Å². The number of nitrogens with two attached hydrogens (primary N) is 2. The zero-order valence-corrected chi connectivity index (χ0v) is 4.52. The van der Waals surface area contributed by atoms with E-state index < -0.39 is 0 Å². The van der Waals surface area contributed by atoms with Gasteiger partial charge in [0, 0.05) is 18.2 Å². The lowest BCUT2D eigenvalue weighted by Crippen LogP contribution is -2.13. The van der Waals surface area contributed by atoms with Crippen molar-refractivity contribution in [2.45, 2.75) is 6.42 Å². The summed E-state index contributed by atoms with van der Waals surface area (Å²) >= 11 is 0. The van der Waals surface area contributed by atoms with Crippen LogP contribution >= 0.6 is 0 Å². The zero-order chi connectivity index (χ0) is 5.98. The predicted octanol–water partition coefficient (Wildman–Crippen LogP) is 0.0828. The molecule has 0 bridgehead atoms. The Bertz CT molecular complexity index is 135.